The second-order valence-corrected chi connectivity index (χ2v) is 6.54. The molecule has 0 bridgehead atoms. The number of aromatic nitrogens is 3. The van der Waals surface area contributed by atoms with Gasteiger partial charge in [-0.2, -0.15) is 31.3 Å². The van der Waals surface area contributed by atoms with Gasteiger partial charge in [0.2, 0.25) is 11.7 Å². The molecule has 3 rings (SSSR count). The summed E-state index contributed by atoms with van der Waals surface area (Å²) >= 11 is 0. The minimum Gasteiger partial charge on any atom is -0.349 e. The summed E-state index contributed by atoms with van der Waals surface area (Å²) in [5.41, 5.74) is -0.109. The van der Waals surface area contributed by atoms with Crippen LogP contribution in [0, 0.1) is 0 Å². The van der Waals surface area contributed by atoms with Gasteiger partial charge < -0.3 is 9.84 Å². The Bertz CT molecular complexity index is 1060. The lowest BCUT2D eigenvalue weighted by Gasteiger charge is -2.19. The van der Waals surface area contributed by atoms with Crippen molar-refractivity contribution in [1.82, 2.24) is 20.4 Å². The maximum atomic E-state index is 13.0. The van der Waals surface area contributed by atoms with Crippen molar-refractivity contribution in [3.8, 4) is 11.4 Å². The van der Waals surface area contributed by atoms with Gasteiger partial charge in [0.05, 0.1) is 11.6 Å². The number of rotatable bonds is 5. The van der Waals surface area contributed by atoms with Gasteiger partial charge in [0, 0.05) is 30.8 Å². The van der Waals surface area contributed by atoms with Gasteiger partial charge in [-0.05, 0) is 29.8 Å². The Labute approximate surface area is 171 Å². The number of pyridine rings is 1. The standard InChI is InChI=1S/C19H14F6N4O2/c1-10(30)27-15(11-3-2-4-13(7-11)18(20,21)22)8-14-6-5-12(9-26-14)16-28-17(31-29-16)19(23,24)25/h2-7,9,15H,8H2,1H3,(H,27,30). The highest BCUT2D eigenvalue weighted by Gasteiger charge is 2.38. The molecule has 0 radical (unpaired) electrons. The number of carbonyl (C=O) groups excluding carboxylic acids is 1. The molecular weight excluding hydrogens is 430 g/mol. The van der Waals surface area contributed by atoms with Crippen molar-refractivity contribution in [2.24, 2.45) is 0 Å². The van der Waals surface area contributed by atoms with Crippen LogP contribution in [-0.2, 0) is 23.6 Å². The van der Waals surface area contributed by atoms with Crippen molar-refractivity contribution in [1.29, 1.82) is 0 Å². The van der Waals surface area contributed by atoms with Gasteiger partial charge in [0.1, 0.15) is 0 Å². The third kappa shape index (κ3) is 5.58. The molecule has 0 saturated carbocycles. The molecule has 0 spiro atoms. The molecule has 2 heterocycles. The van der Waals surface area contributed by atoms with E-state index in [4.69, 9.17) is 0 Å². The topological polar surface area (TPSA) is 80.9 Å². The summed E-state index contributed by atoms with van der Waals surface area (Å²) < 4.78 is 80.9. The van der Waals surface area contributed by atoms with Gasteiger partial charge in [-0.3, -0.25) is 9.78 Å². The highest BCUT2D eigenvalue weighted by molar-refractivity contribution is 5.73. The van der Waals surface area contributed by atoms with Gasteiger partial charge >= 0.3 is 18.2 Å². The molecule has 0 saturated heterocycles. The SMILES string of the molecule is CC(=O)NC(Cc1ccc(-c2noc(C(F)(F)F)n2)cn1)c1cccc(C(F)(F)F)c1. The predicted octanol–water partition coefficient (Wildman–Crippen LogP) is 4.59. The van der Waals surface area contributed by atoms with Crippen LogP contribution in [0.3, 0.4) is 0 Å². The molecule has 0 aliphatic rings. The molecule has 1 unspecified atom stereocenters. The molecule has 2 aromatic heterocycles. The van der Waals surface area contributed by atoms with Crippen LogP contribution in [0.25, 0.3) is 11.4 Å². The first-order chi connectivity index (χ1) is 14.4. The van der Waals surface area contributed by atoms with Crippen LogP contribution in [0.2, 0.25) is 0 Å². The second kappa shape index (κ2) is 8.36. The Hall–Kier alpha value is -3.44. The molecule has 0 fully saturated rings. The van der Waals surface area contributed by atoms with E-state index in [-0.39, 0.29) is 23.4 Å². The van der Waals surface area contributed by atoms with Crippen LogP contribution in [0.5, 0.6) is 0 Å². The molecule has 0 aliphatic heterocycles. The second-order valence-electron chi connectivity index (χ2n) is 6.54. The molecule has 6 nitrogen and oxygen atoms in total. The molecule has 12 heteroatoms. The highest BCUT2D eigenvalue weighted by atomic mass is 19.4. The van der Waals surface area contributed by atoms with Crippen LogP contribution < -0.4 is 5.32 Å². The third-order valence-electron chi connectivity index (χ3n) is 4.16. The van der Waals surface area contributed by atoms with Crippen LogP contribution in [0.4, 0.5) is 26.3 Å². The zero-order chi connectivity index (χ0) is 22.8. The smallest absolute Gasteiger partial charge is 0.349 e. The lowest BCUT2D eigenvalue weighted by Crippen LogP contribution is -2.28. The van der Waals surface area contributed by atoms with Crippen LogP contribution in [0.15, 0.2) is 47.1 Å². The van der Waals surface area contributed by atoms with E-state index in [1.54, 1.807) is 0 Å². The van der Waals surface area contributed by atoms with Gasteiger partial charge in [0.15, 0.2) is 0 Å². The number of carbonyl (C=O) groups is 1. The van der Waals surface area contributed by atoms with Gasteiger partial charge in [-0.25, -0.2) is 0 Å². The van der Waals surface area contributed by atoms with Crippen molar-refractivity contribution in [2.45, 2.75) is 31.7 Å². The highest BCUT2D eigenvalue weighted by Crippen LogP contribution is 2.32. The minimum atomic E-state index is -4.78. The lowest BCUT2D eigenvalue weighted by atomic mass is 9.99. The van der Waals surface area contributed by atoms with E-state index < -0.39 is 35.8 Å². The molecule has 1 atom stereocenters. The number of nitrogens with zero attached hydrogens (tertiary/aromatic N) is 3. The van der Waals surface area contributed by atoms with E-state index in [9.17, 15) is 31.1 Å². The molecule has 1 aromatic carbocycles. The molecule has 31 heavy (non-hydrogen) atoms. The normalized spacial score (nSPS) is 13.1. The average molecular weight is 444 g/mol. The summed E-state index contributed by atoms with van der Waals surface area (Å²) in [5.74, 6) is -2.27. The number of amides is 1. The molecule has 1 amide bonds. The molecular formula is C19H14F6N4O2. The van der Waals surface area contributed by atoms with E-state index in [0.717, 1.165) is 12.1 Å². The zero-order valence-electron chi connectivity index (χ0n) is 15.8. The Morgan fingerprint density at radius 2 is 1.84 bits per heavy atom. The van der Waals surface area contributed by atoms with Crippen LogP contribution in [-0.4, -0.2) is 21.0 Å². The zero-order valence-corrected chi connectivity index (χ0v) is 15.8. The molecule has 0 aliphatic carbocycles. The minimum absolute atomic E-state index is 0.0429. The predicted molar refractivity (Wildman–Crippen MR) is 94.2 cm³/mol. The summed E-state index contributed by atoms with van der Waals surface area (Å²) in [6.07, 6.45) is -8.08. The number of halogens is 6. The van der Waals surface area contributed by atoms with Crippen molar-refractivity contribution in [2.75, 3.05) is 0 Å². The molecule has 3 aromatic rings. The maximum Gasteiger partial charge on any atom is 0.471 e. The quantitative estimate of drug-likeness (QED) is 0.583. The number of hydrogen-bond acceptors (Lipinski definition) is 5. The van der Waals surface area contributed by atoms with E-state index >= 15 is 0 Å². The van der Waals surface area contributed by atoms with E-state index in [0.29, 0.717) is 5.69 Å². The number of nitrogens with one attached hydrogen (secondary N) is 1. The van der Waals surface area contributed by atoms with Crippen molar-refractivity contribution in [3.63, 3.8) is 0 Å². The van der Waals surface area contributed by atoms with Gasteiger partial charge in [0.25, 0.3) is 0 Å². The summed E-state index contributed by atoms with van der Waals surface area (Å²) in [6.45, 7) is 1.23. The van der Waals surface area contributed by atoms with Gasteiger partial charge in [-0.1, -0.05) is 17.3 Å². The van der Waals surface area contributed by atoms with Crippen molar-refractivity contribution >= 4 is 5.91 Å². The first kappa shape index (κ1) is 22.2. The van der Waals surface area contributed by atoms with Crippen LogP contribution >= 0.6 is 0 Å². The Kier molecular flexibility index (Phi) is 6.00. The monoisotopic (exact) mass is 444 g/mol. The summed E-state index contributed by atoms with van der Waals surface area (Å²) in [4.78, 5) is 18.9. The Balaban J connectivity index is 1.83. The van der Waals surface area contributed by atoms with E-state index in [1.807, 2.05) is 0 Å². The fourth-order valence-electron chi connectivity index (χ4n) is 2.77. The number of hydrogen-bond donors (Lipinski definition) is 1. The first-order valence-electron chi connectivity index (χ1n) is 8.74. The number of alkyl halides is 6. The fraction of sp³-hybridized carbons (Fsp3) is 0.263. The Morgan fingerprint density at radius 1 is 1.10 bits per heavy atom. The first-order valence-corrected chi connectivity index (χ1v) is 8.74. The summed E-state index contributed by atoms with van der Waals surface area (Å²) in [5, 5.41) is 5.83. The molecule has 1 N–H and O–H groups in total. The van der Waals surface area contributed by atoms with Gasteiger partial charge in [-0.15, -0.1) is 0 Å². The lowest BCUT2D eigenvalue weighted by molar-refractivity contribution is -0.159. The van der Waals surface area contributed by atoms with Crippen molar-refractivity contribution < 1.29 is 35.7 Å². The Morgan fingerprint density at radius 3 is 2.39 bits per heavy atom. The van der Waals surface area contributed by atoms with Crippen molar-refractivity contribution in [3.05, 3.63) is 65.3 Å². The van der Waals surface area contributed by atoms with E-state index in [1.165, 1.54) is 37.4 Å². The third-order valence-corrected chi connectivity index (χ3v) is 4.16. The maximum absolute atomic E-state index is 13.0. The molecule has 164 valence electrons. The summed E-state index contributed by atoms with van der Waals surface area (Å²) in [6, 6.07) is 6.57. The average Bonchev–Trinajstić information content (AvgIpc) is 3.18. The largest absolute Gasteiger partial charge is 0.471 e. The number of benzene rings is 1. The van der Waals surface area contributed by atoms with E-state index in [2.05, 4.69) is 25.0 Å². The fourth-order valence-corrected chi connectivity index (χ4v) is 2.77. The van der Waals surface area contributed by atoms with Crippen LogP contribution in [0.1, 0.15) is 35.7 Å². The summed E-state index contributed by atoms with van der Waals surface area (Å²) in [7, 11) is 0.